The van der Waals surface area contributed by atoms with Crippen LogP contribution in [0.1, 0.15) is 30.3 Å². The summed E-state index contributed by atoms with van der Waals surface area (Å²) in [7, 11) is 0. The van der Waals surface area contributed by atoms with Crippen molar-refractivity contribution in [3.05, 3.63) is 39.8 Å². The Kier molecular flexibility index (Phi) is 3.19. The second-order valence-electron chi connectivity index (χ2n) is 4.86. The Morgan fingerprint density at radius 1 is 1.50 bits per heavy atom. The molecule has 20 heavy (non-hydrogen) atoms. The molecule has 0 radical (unpaired) electrons. The van der Waals surface area contributed by atoms with Crippen LogP contribution in [0.5, 0.6) is 0 Å². The minimum absolute atomic E-state index is 0.0240. The summed E-state index contributed by atoms with van der Waals surface area (Å²) in [6.45, 7) is 2.81. The Morgan fingerprint density at radius 2 is 2.35 bits per heavy atom. The fourth-order valence-electron chi connectivity index (χ4n) is 2.35. The third-order valence-electron chi connectivity index (χ3n) is 3.47. The number of hydrogen-bond acceptors (Lipinski definition) is 6. The second kappa shape index (κ2) is 5.01. The highest BCUT2D eigenvalue weighted by Crippen LogP contribution is 2.28. The number of nitrogens with zero attached hydrogens (tertiary/aromatic N) is 3. The molecule has 0 saturated carbocycles. The molecule has 0 unspecified atom stereocenters. The zero-order valence-corrected chi connectivity index (χ0v) is 11.0. The van der Waals surface area contributed by atoms with Crippen LogP contribution in [0.3, 0.4) is 0 Å². The minimum atomic E-state index is -0.428. The Hall–Kier alpha value is -2.28. The van der Waals surface area contributed by atoms with Crippen LogP contribution in [-0.2, 0) is 0 Å². The summed E-state index contributed by atoms with van der Waals surface area (Å²) in [5.41, 5.74) is 1.53. The molecule has 1 aromatic carbocycles. The van der Waals surface area contributed by atoms with Crippen molar-refractivity contribution in [1.29, 1.82) is 0 Å². The molecule has 0 aliphatic carbocycles. The van der Waals surface area contributed by atoms with Crippen LogP contribution in [0, 0.1) is 17.0 Å². The van der Waals surface area contributed by atoms with Gasteiger partial charge < -0.3 is 9.84 Å². The van der Waals surface area contributed by atoms with Crippen molar-refractivity contribution in [2.45, 2.75) is 25.8 Å². The number of benzene rings is 1. The second-order valence-corrected chi connectivity index (χ2v) is 4.86. The topological polar surface area (TPSA) is 94.1 Å². The van der Waals surface area contributed by atoms with Gasteiger partial charge in [-0.1, -0.05) is 11.2 Å². The minimum Gasteiger partial charge on any atom is -0.337 e. The van der Waals surface area contributed by atoms with Gasteiger partial charge in [-0.15, -0.1) is 0 Å². The predicted octanol–water partition coefficient (Wildman–Crippen LogP) is 2.38. The molecule has 7 nitrogen and oxygen atoms in total. The SMILES string of the molecule is Cc1ccc([N+](=O)[O-])cc1-c1noc([C@H]2CCCN2)n1. The highest BCUT2D eigenvalue weighted by Gasteiger charge is 2.23. The van der Waals surface area contributed by atoms with Gasteiger partial charge in [0.05, 0.1) is 11.0 Å². The molecule has 1 atom stereocenters. The summed E-state index contributed by atoms with van der Waals surface area (Å²) >= 11 is 0. The van der Waals surface area contributed by atoms with Crippen molar-refractivity contribution in [3.63, 3.8) is 0 Å². The lowest BCUT2D eigenvalue weighted by molar-refractivity contribution is -0.384. The van der Waals surface area contributed by atoms with Gasteiger partial charge in [-0.2, -0.15) is 4.98 Å². The highest BCUT2D eigenvalue weighted by molar-refractivity contribution is 5.63. The first-order valence-corrected chi connectivity index (χ1v) is 6.47. The zero-order chi connectivity index (χ0) is 14.1. The van der Waals surface area contributed by atoms with Crippen molar-refractivity contribution in [1.82, 2.24) is 15.5 Å². The maximum absolute atomic E-state index is 10.8. The maximum atomic E-state index is 10.8. The number of nitrogens with one attached hydrogen (secondary N) is 1. The van der Waals surface area contributed by atoms with E-state index in [1.54, 1.807) is 6.07 Å². The number of aromatic nitrogens is 2. The van der Waals surface area contributed by atoms with E-state index in [1.165, 1.54) is 12.1 Å². The number of non-ortho nitro benzene ring substituents is 1. The van der Waals surface area contributed by atoms with Crippen molar-refractivity contribution in [2.24, 2.45) is 0 Å². The van der Waals surface area contributed by atoms with E-state index in [9.17, 15) is 10.1 Å². The molecule has 0 amide bonds. The molecule has 1 fully saturated rings. The largest absolute Gasteiger partial charge is 0.337 e. The molecule has 1 aliphatic rings. The molecule has 1 N–H and O–H groups in total. The average molecular weight is 274 g/mol. The fraction of sp³-hybridized carbons (Fsp3) is 0.385. The number of nitro groups is 1. The van der Waals surface area contributed by atoms with Crippen LogP contribution in [-0.4, -0.2) is 21.6 Å². The first-order valence-electron chi connectivity index (χ1n) is 6.47. The smallest absolute Gasteiger partial charge is 0.270 e. The molecule has 2 aromatic rings. The van der Waals surface area contributed by atoms with E-state index in [-0.39, 0.29) is 11.7 Å². The Labute approximate surface area is 115 Å². The summed E-state index contributed by atoms with van der Waals surface area (Å²) in [6, 6.07) is 4.73. The molecule has 2 heterocycles. The monoisotopic (exact) mass is 274 g/mol. The van der Waals surface area contributed by atoms with E-state index in [2.05, 4.69) is 15.5 Å². The summed E-state index contributed by atoms with van der Waals surface area (Å²) < 4.78 is 5.26. The molecule has 1 aliphatic heterocycles. The summed E-state index contributed by atoms with van der Waals surface area (Å²) in [4.78, 5) is 14.8. The first-order chi connectivity index (χ1) is 9.65. The van der Waals surface area contributed by atoms with Gasteiger partial charge in [0.2, 0.25) is 11.7 Å². The van der Waals surface area contributed by atoms with Gasteiger partial charge in [-0.25, -0.2) is 0 Å². The van der Waals surface area contributed by atoms with Crippen LogP contribution in [0.15, 0.2) is 22.7 Å². The van der Waals surface area contributed by atoms with Gasteiger partial charge in [0.25, 0.3) is 5.69 Å². The van der Waals surface area contributed by atoms with Gasteiger partial charge in [0.1, 0.15) is 0 Å². The van der Waals surface area contributed by atoms with Crippen LogP contribution < -0.4 is 5.32 Å². The Bertz CT molecular complexity index is 647. The quantitative estimate of drug-likeness (QED) is 0.682. The van der Waals surface area contributed by atoms with Gasteiger partial charge in [0.15, 0.2) is 0 Å². The maximum Gasteiger partial charge on any atom is 0.270 e. The molecule has 0 bridgehead atoms. The zero-order valence-electron chi connectivity index (χ0n) is 11.0. The fourth-order valence-corrected chi connectivity index (χ4v) is 2.35. The van der Waals surface area contributed by atoms with E-state index < -0.39 is 4.92 Å². The van der Waals surface area contributed by atoms with Crippen LogP contribution in [0.25, 0.3) is 11.4 Å². The van der Waals surface area contributed by atoms with Crippen LogP contribution >= 0.6 is 0 Å². The number of nitro benzene ring substituents is 1. The van der Waals surface area contributed by atoms with Gasteiger partial charge in [0, 0.05) is 17.7 Å². The van der Waals surface area contributed by atoms with Crippen molar-refractivity contribution >= 4 is 5.69 Å². The number of rotatable bonds is 3. The Morgan fingerprint density at radius 3 is 3.05 bits per heavy atom. The molecular weight excluding hydrogens is 260 g/mol. The van der Waals surface area contributed by atoms with Crippen LogP contribution in [0.2, 0.25) is 0 Å². The van der Waals surface area contributed by atoms with Crippen molar-refractivity contribution < 1.29 is 9.45 Å². The van der Waals surface area contributed by atoms with Crippen molar-refractivity contribution in [2.75, 3.05) is 6.54 Å². The number of hydrogen-bond donors (Lipinski definition) is 1. The standard InChI is InChI=1S/C13H14N4O3/c1-8-4-5-9(17(18)19)7-10(8)12-15-13(20-16-12)11-3-2-6-14-11/h4-5,7,11,14H,2-3,6H2,1H3/t11-/m1/s1. The van der Waals surface area contributed by atoms with E-state index in [0.29, 0.717) is 17.3 Å². The Balaban J connectivity index is 1.96. The third-order valence-corrected chi connectivity index (χ3v) is 3.47. The molecular formula is C13H14N4O3. The van der Waals surface area contributed by atoms with E-state index >= 15 is 0 Å². The lowest BCUT2D eigenvalue weighted by Crippen LogP contribution is -2.12. The molecule has 0 spiro atoms. The molecule has 3 rings (SSSR count). The summed E-state index contributed by atoms with van der Waals surface area (Å²) in [6.07, 6.45) is 2.05. The van der Waals surface area contributed by atoms with E-state index in [1.807, 2.05) is 6.92 Å². The molecule has 1 aromatic heterocycles. The predicted molar refractivity (Wildman–Crippen MR) is 71.1 cm³/mol. The van der Waals surface area contributed by atoms with E-state index in [4.69, 9.17) is 4.52 Å². The van der Waals surface area contributed by atoms with Crippen molar-refractivity contribution in [3.8, 4) is 11.4 Å². The molecule has 7 heteroatoms. The van der Waals surface area contributed by atoms with Crippen LogP contribution in [0.4, 0.5) is 5.69 Å². The average Bonchev–Trinajstić information content (AvgIpc) is 3.10. The normalized spacial score (nSPS) is 18.4. The first kappa shape index (κ1) is 12.7. The third kappa shape index (κ3) is 2.27. The highest BCUT2D eigenvalue weighted by atomic mass is 16.6. The summed E-state index contributed by atoms with van der Waals surface area (Å²) in [5, 5.41) is 18.1. The van der Waals surface area contributed by atoms with Gasteiger partial charge >= 0.3 is 0 Å². The summed E-state index contributed by atoms with van der Waals surface area (Å²) in [5.74, 6) is 0.943. The lowest BCUT2D eigenvalue weighted by atomic mass is 10.1. The lowest BCUT2D eigenvalue weighted by Gasteiger charge is -2.02. The molecule has 1 saturated heterocycles. The molecule has 104 valence electrons. The van der Waals surface area contributed by atoms with Gasteiger partial charge in [-0.3, -0.25) is 10.1 Å². The van der Waals surface area contributed by atoms with E-state index in [0.717, 1.165) is 24.9 Å². The van der Waals surface area contributed by atoms with Gasteiger partial charge in [-0.05, 0) is 31.9 Å². The number of aryl methyl sites for hydroxylation is 1.